The first-order valence-electron chi connectivity index (χ1n) is 6.58. The molecule has 0 amide bonds. The number of nitrogens with zero attached hydrogens (tertiary/aromatic N) is 1. The van der Waals surface area contributed by atoms with Crippen molar-refractivity contribution in [2.45, 2.75) is 18.2 Å². The van der Waals surface area contributed by atoms with E-state index in [9.17, 15) is 4.21 Å². The Labute approximate surface area is 124 Å². The van der Waals surface area contributed by atoms with Crippen LogP contribution in [0.3, 0.4) is 0 Å². The zero-order chi connectivity index (χ0) is 13.9. The summed E-state index contributed by atoms with van der Waals surface area (Å²) in [4.78, 5) is 5.59. The first kappa shape index (κ1) is 13.5. The maximum absolute atomic E-state index is 12.1. The Morgan fingerprint density at radius 3 is 2.65 bits per heavy atom. The number of rotatable bonds is 4. The molecule has 1 unspecified atom stereocenters. The minimum Gasteiger partial charge on any atom is -0.254 e. The van der Waals surface area contributed by atoms with E-state index in [1.807, 2.05) is 43.3 Å². The highest BCUT2D eigenvalue weighted by molar-refractivity contribution is 7.85. The van der Waals surface area contributed by atoms with Crippen LogP contribution in [0.15, 0.2) is 53.4 Å². The van der Waals surface area contributed by atoms with Gasteiger partial charge in [0.1, 0.15) is 0 Å². The van der Waals surface area contributed by atoms with Crippen molar-refractivity contribution in [3.63, 3.8) is 0 Å². The van der Waals surface area contributed by atoms with Gasteiger partial charge < -0.3 is 0 Å². The molecule has 0 saturated carbocycles. The van der Waals surface area contributed by atoms with Gasteiger partial charge >= 0.3 is 0 Å². The van der Waals surface area contributed by atoms with Crippen molar-refractivity contribution in [1.82, 2.24) is 4.98 Å². The predicted molar refractivity (Wildman–Crippen MR) is 85.8 cm³/mol. The summed E-state index contributed by atoms with van der Waals surface area (Å²) >= 11 is 1.71. The zero-order valence-electron chi connectivity index (χ0n) is 11.2. The van der Waals surface area contributed by atoms with Gasteiger partial charge in [-0.05, 0) is 23.8 Å². The van der Waals surface area contributed by atoms with Crippen LogP contribution in [-0.2, 0) is 17.2 Å². The Kier molecular flexibility index (Phi) is 3.94. The lowest BCUT2D eigenvalue weighted by molar-refractivity contribution is 0.683. The number of hydrogen-bond donors (Lipinski definition) is 0. The molecule has 3 aromatic rings. The highest BCUT2D eigenvalue weighted by Gasteiger charge is 2.10. The van der Waals surface area contributed by atoms with Gasteiger partial charge in [0.05, 0.1) is 26.0 Å². The Hall–Kier alpha value is -1.52. The van der Waals surface area contributed by atoms with E-state index in [0.717, 1.165) is 27.4 Å². The Morgan fingerprint density at radius 1 is 1.10 bits per heavy atom. The molecular formula is C16H15NOS2. The highest BCUT2D eigenvalue weighted by Crippen LogP contribution is 2.25. The fourth-order valence-corrected chi connectivity index (χ4v) is 4.15. The molecule has 2 nitrogen and oxygen atoms in total. The first-order valence-corrected chi connectivity index (χ1v) is 8.72. The summed E-state index contributed by atoms with van der Waals surface area (Å²) in [5.74, 6) is 0.650. The van der Waals surface area contributed by atoms with Gasteiger partial charge in [0.25, 0.3) is 0 Å². The van der Waals surface area contributed by atoms with Gasteiger partial charge in [-0.25, -0.2) is 4.98 Å². The molecule has 4 heteroatoms. The van der Waals surface area contributed by atoms with Gasteiger partial charge in [0.2, 0.25) is 0 Å². The third kappa shape index (κ3) is 2.67. The lowest BCUT2D eigenvalue weighted by atomic mass is 10.1. The van der Waals surface area contributed by atoms with E-state index in [4.69, 9.17) is 0 Å². The number of thiazole rings is 1. The van der Waals surface area contributed by atoms with E-state index in [2.05, 4.69) is 17.1 Å². The quantitative estimate of drug-likeness (QED) is 0.728. The molecule has 0 fully saturated rings. The van der Waals surface area contributed by atoms with Crippen LogP contribution in [0.5, 0.6) is 0 Å². The number of benzene rings is 2. The van der Waals surface area contributed by atoms with Gasteiger partial charge in [0.15, 0.2) is 0 Å². The molecule has 0 N–H and O–H groups in total. The van der Waals surface area contributed by atoms with Gasteiger partial charge in [0, 0.05) is 17.1 Å². The van der Waals surface area contributed by atoms with Crippen molar-refractivity contribution in [3.8, 4) is 0 Å². The van der Waals surface area contributed by atoms with Crippen molar-refractivity contribution in [3.05, 3.63) is 59.1 Å². The summed E-state index contributed by atoms with van der Waals surface area (Å²) in [6.45, 7) is 1.95. The number of aromatic nitrogens is 1. The Bertz CT molecular complexity index is 731. The SMILES string of the molecule is CCS(=O)c1ccccc1Cc1nc2ccccc2s1. The smallest absolute Gasteiger partial charge is 0.0982 e. The first-order chi connectivity index (χ1) is 9.78. The molecule has 3 rings (SSSR count). The van der Waals surface area contributed by atoms with Crippen molar-refractivity contribution in [1.29, 1.82) is 0 Å². The molecule has 0 aliphatic rings. The van der Waals surface area contributed by atoms with Crippen LogP contribution in [0.25, 0.3) is 10.2 Å². The van der Waals surface area contributed by atoms with E-state index >= 15 is 0 Å². The molecule has 1 atom stereocenters. The second-order valence-corrected chi connectivity index (χ2v) is 7.32. The predicted octanol–water partition coefficient (Wildman–Crippen LogP) is 4.01. The van der Waals surface area contributed by atoms with Crippen LogP contribution >= 0.6 is 11.3 Å². The number of para-hydroxylation sites is 1. The van der Waals surface area contributed by atoms with Crippen molar-refractivity contribution >= 4 is 32.4 Å². The van der Waals surface area contributed by atoms with Gasteiger partial charge in [-0.3, -0.25) is 4.21 Å². The third-order valence-corrected chi connectivity index (χ3v) is 5.61. The van der Waals surface area contributed by atoms with Crippen LogP contribution in [0.2, 0.25) is 0 Å². The lowest BCUT2D eigenvalue weighted by Crippen LogP contribution is -2.00. The second kappa shape index (κ2) is 5.85. The second-order valence-electron chi connectivity index (χ2n) is 4.49. The summed E-state index contributed by atoms with van der Waals surface area (Å²) in [6, 6.07) is 16.1. The fraction of sp³-hybridized carbons (Fsp3) is 0.188. The standard InChI is InChI=1S/C16H15NOS2/c1-2-20(18)15-10-6-3-7-12(15)11-16-17-13-8-4-5-9-14(13)19-16/h3-10H,2,11H2,1H3. The molecule has 2 aromatic carbocycles. The van der Waals surface area contributed by atoms with Crippen LogP contribution < -0.4 is 0 Å². The van der Waals surface area contributed by atoms with E-state index in [1.165, 1.54) is 4.70 Å². The summed E-state index contributed by atoms with van der Waals surface area (Å²) in [7, 11) is -0.916. The fourth-order valence-electron chi connectivity index (χ4n) is 2.19. The molecule has 1 heterocycles. The summed E-state index contributed by atoms with van der Waals surface area (Å²) in [6.07, 6.45) is 0.751. The zero-order valence-corrected chi connectivity index (χ0v) is 12.8. The average Bonchev–Trinajstić information content (AvgIpc) is 2.89. The molecule has 0 saturated heterocycles. The largest absolute Gasteiger partial charge is 0.254 e. The maximum Gasteiger partial charge on any atom is 0.0982 e. The van der Waals surface area contributed by atoms with Crippen molar-refractivity contribution in [2.75, 3.05) is 5.75 Å². The van der Waals surface area contributed by atoms with E-state index in [1.54, 1.807) is 11.3 Å². The summed E-state index contributed by atoms with van der Waals surface area (Å²) in [5.41, 5.74) is 2.16. The maximum atomic E-state index is 12.1. The van der Waals surface area contributed by atoms with E-state index < -0.39 is 10.8 Å². The molecule has 0 aliphatic heterocycles. The van der Waals surface area contributed by atoms with Crippen LogP contribution in [0.1, 0.15) is 17.5 Å². The minimum absolute atomic E-state index is 0.650. The number of fused-ring (bicyclic) bond motifs is 1. The molecule has 1 aromatic heterocycles. The van der Waals surface area contributed by atoms with Gasteiger partial charge in [-0.2, -0.15) is 0 Å². The van der Waals surface area contributed by atoms with Gasteiger partial charge in [-0.1, -0.05) is 37.3 Å². The van der Waals surface area contributed by atoms with E-state index in [-0.39, 0.29) is 0 Å². The minimum atomic E-state index is -0.916. The highest BCUT2D eigenvalue weighted by atomic mass is 32.2. The summed E-state index contributed by atoms with van der Waals surface area (Å²) < 4.78 is 13.3. The summed E-state index contributed by atoms with van der Waals surface area (Å²) in [5, 5.41) is 1.08. The molecule has 0 bridgehead atoms. The van der Waals surface area contributed by atoms with Crippen molar-refractivity contribution < 1.29 is 4.21 Å². The molecular weight excluding hydrogens is 286 g/mol. The monoisotopic (exact) mass is 301 g/mol. The van der Waals surface area contributed by atoms with Crippen LogP contribution in [-0.4, -0.2) is 14.9 Å². The van der Waals surface area contributed by atoms with Gasteiger partial charge in [-0.15, -0.1) is 11.3 Å². The topological polar surface area (TPSA) is 30.0 Å². The molecule has 20 heavy (non-hydrogen) atoms. The van der Waals surface area contributed by atoms with Crippen LogP contribution in [0.4, 0.5) is 0 Å². The van der Waals surface area contributed by atoms with Crippen LogP contribution in [0, 0.1) is 0 Å². The normalized spacial score (nSPS) is 12.7. The molecule has 0 spiro atoms. The molecule has 102 valence electrons. The third-order valence-electron chi connectivity index (χ3n) is 3.16. The van der Waals surface area contributed by atoms with Crippen molar-refractivity contribution in [2.24, 2.45) is 0 Å². The Balaban J connectivity index is 1.96. The average molecular weight is 301 g/mol. The van der Waals surface area contributed by atoms with E-state index in [0.29, 0.717) is 5.75 Å². The Morgan fingerprint density at radius 2 is 1.85 bits per heavy atom. The molecule has 0 aliphatic carbocycles. The number of hydrogen-bond acceptors (Lipinski definition) is 3. The molecule has 0 radical (unpaired) electrons. The lowest BCUT2D eigenvalue weighted by Gasteiger charge is -2.06.